The number of carbonyl (C=O) groups excluding carboxylic acids is 1. The molecule has 4 nitrogen and oxygen atoms in total. The van der Waals surface area contributed by atoms with Gasteiger partial charge in [0.15, 0.2) is 5.69 Å². The van der Waals surface area contributed by atoms with Gasteiger partial charge < -0.3 is 4.74 Å². The number of pyridine rings is 1. The lowest BCUT2D eigenvalue weighted by atomic mass is 10.1. The number of ether oxygens (including phenoxy) is 1. The highest BCUT2D eigenvalue weighted by atomic mass is 19.4. The zero-order chi connectivity index (χ0) is 15.1. The van der Waals surface area contributed by atoms with Gasteiger partial charge in [-0.1, -0.05) is 6.07 Å². The molecule has 0 aliphatic heterocycles. The van der Waals surface area contributed by atoms with Crippen LogP contribution in [0.4, 0.5) is 13.2 Å². The van der Waals surface area contributed by atoms with Gasteiger partial charge in [-0.15, -0.1) is 0 Å². The molecule has 0 spiro atoms. The van der Waals surface area contributed by atoms with Gasteiger partial charge >= 0.3 is 6.18 Å². The van der Waals surface area contributed by atoms with Crippen molar-refractivity contribution < 1.29 is 22.7 Å². The first-order valence-electron chi connectivity index (χ1n) is 5.86. The van der Waals surface area contributed by atoms with Gasteiger partial charge in [0.05, 0.1) is 16.4 Å². The lowest BCUT2D eigenvalue weighted by molar-refractivity contribution is -0.140. The number of aromatic nitrogens is 2. The number of nitrogens with zero attached hydrogens (tertiary/aromatic N) is 2. The molecule has 0 N–H and O–H groups in total. The van der Waals surface area contributed by atoms with Gasteiger partial charge in [0.1, 0.15) is 5.60 Å². The van der Waals surface area contributed by atoms with Crippen LogP contribution in [0.1, 0.15) is 26.5 Å². The molecule has 0 radical (unpaired) electrons. The van der Waals surface area contributed by atoms with Gasteiger partial charge in [0, 0.05) is 0 Å². The number of alkyl halides is 3. The summed E-state index contributed by atoms with van der Waals surface area (Å²) >= 11 is 0. The van der Waals surface area contributed by atoms with Crippen LogP contribution in [0.3, 0.4) is 0 Å². The van der Waals surface area contributed by atoms with E-state index in [1.807, 2.05) is 20.8 Å². The van der Waals surface area contributed by atoms with Crippen molar-refractivity contribution in [1.82, 2.24) is 9.61 Å². The Morgan fingerprint density at radius 1 is 1.20 bits per heavy atom. The molecule has 0 unspecified atom stereocenters. The van der Waals surface area contributed by atoms with Gasteiger partial charge in [-0.3, -0.25) is 4.79 Å². The third-order valence-corrected chi connectivity index (χ3v) is 2.58. The Morgan fingerprint density at radius 2 is 1.75 bits per heavy atom. The van der Waals surface area contributed by atoms with Crippen LogP contribution in [-0.4, -0.2) is 21.7 Å². The first-order chi connectivity index (χ1) is 9.15. The third kappa shape index (κ3) is 2.48. The summed E-state index contributed by atoms with van der Waals surface area (Å²) in [5, 5.41) is 3.70. The smallest absolute Gasteiger partial charge is 0.435 e. The minimum absolute atomic E-state index is 0.245. The predicted octanol–water partition coefficient (Wildman–Crippen LogP) is 3.34. The van der Waals surface area contributed by atoms with Crippen molar-refractivity contribution in [3.05, 3.63) is 23.9 Å². The maximum atomic E-state index is 12.3. The van der Waals surface area contributed by atoms with Crippen LogP contribution in [-0.2, 0) is 15.7 Å². The largest absolute Gasteiger partial charge is 0.462 e. The molecule has 20 heavy (non-hydrogen) atoms. The molecule has 0 aliphatic carbocycles. The van der Waals surface area contributed by atoms with Crippen LogP contribution in [0, 0.1) is 0 Å². The summed E-state index contributed by atoms with van der Waals surface area (Å²) in [6.07, 6.45) is -4.34. The zero-order valence-corrected chi connectivity index (χ0v) is 11.2. The van der Waals surface area contributed by atoms with E-state index < -0.39 is 11.9 Å². The average molecular weight is 286 g/mol. The number of hydrogen-bond acceptors (Lipinski definition) is 3. The van der Waals surface area contributed by atoms with E-state index in [1.54, 1.807) is 18.2 Å². The molecule has 0 atom stereocenters. The maximum Gasteiger partial charge on any atom is 0.435 e. The fourth-order valence-corrected chi connectivity index (χ4v) is 1.80. The summed E-state index contributed by atoms with van der Waals surface area (Å²) in [5.41, 5.74) is 0.0367. The second-order valence-electron chi connectivity index (χ2n) is 5.26. The van der Waals surface area contributed by atoms with Crippen LogP contribution in [0.5, 0.6) is 0 Å². The molecule has 4 heterocycles. The Labute approximate surface area is 112 Å². The third-order valence-electron chi connectivity index (χ3n) is 2.58. The summed E-state index contributed by atoms with van der Waals surface area (Å²) in [6, 6.07) is 4.98. The van der Waals surface area contributed by atoms with E-state index in [4.69, 9.17) is 0 Å². The normalized spacial score (nSPS) is 12.7. The Bertz CT molecular complexity index is 667. The van der Waals surface area contributed by atoms with Crippen molar-refractivity contribution in [3.8, 4) is 0 Å². The molecule has 7 heteroatoms. The van der Waals surface area contributed by atoms with Gasteiger partial charge in [-0.25, -0.2) is 4.52 Å². The van der Waals surface area contributed by atoms with E-state index in [-0.39, 0.29) is 11.0 Å². The SMILES string of the molecule is CC(C)(C)OC=O.FC(F)(F)c1nn2c3cccc2c13. The highest BCUT2D eigenvalue weighted by Crippen LogP contribution is 2.40. The van der Waals surface area contributed by atoms with Crippen LogP contribution < -0.4 is 0 Å². The number of carbonyl (C=O) groups is 1. The number of hydrogen-bond donors (Lipinski definition) is 0. The average Bonchev–Trinajstić information content (AvgIpc) is 2.87. The van der Waals surface area contributed by atoms with E-state index in [1.165, 1.54) is 4.52 Å². The molecule has 0 aliphatic rings. The lowest BCUT2D eigenvalue weighted by Gasteiger charge is -2.14. The van der Waals surface area contributed by atoms with E-state index in [2.05, 4.69) is 9.84 Å². The van der Waals surface area contributed by atoms with Gasteiger partial charge in [0.2, 0.25) is 0 Å². The molecule has 4 aromatic heterocycles. The predicted molar refractivity (Wildman–Crippen MR) is 67.0 cm³/mol. The lowest BCUT2D eigenvalue weighted by Crippen LogP contribution is -2.17. The number of rotatable bonds is 1. The molecule has 0 saturated heterocycles. The molecular formula is C13H13F3N2O2. The summed E-state index contributed by atoms with van der Waals surface area (Å²) in [4.78, 5) is 9.60. The second-order valence-corrected chi connectivity index (χ2v) is 5.26. The Morgan fingerprint density at radius 3 is 2.00 bits per heavy atom. The Hall–Kier alpha value is -2.05. The zero-order valence-electron chi connectivity index (χ0n) is 11.2. The first kappa shape index (κ1) is 14.4. The van der Waals surface area contributed by atoms with Crippen molar-refractivity contribution >= 4 is 22.9 Å². The van der Waals surface area contributed by atoms with Crippen molar-refractivity contribution in [2.75, 3.05) is 0 Å². The summed E-state index contributed by atoms with van der Waals surface area (Å²) in [6.45, 7) is 5.92. The van der Waals surface area contributed by atoms with Gasteiger partial charge in [-0.05, 0) is 32.9 Å². The van der Waals surface area contributed by atoms with E-state index >= 15 is 0 Å². The molecule has 0 fully saturated rings. The summed E-state index contributed by atoms with van der Waals surface area (Å²) in [7, 11) is 0. The number of fused-ring (bicyclic) bond motifs is 1. The molecule has 0 saturated carbocycles. The van der Waals surface area contributed by atoms with Crippen LogP contribution in [0.25, 0.3) is 16.4 Å². The minimum Gasteiger partial charge on any atom is -0.462 e. The van der Waals surface area contributed by atoms with Crippen LogP contribution >= 0.6 is 0 Å². The van der Waals surface area contributed by atoms with Crippen molar-refractivity contribution in [2.45, 2.75) is 32.5 Å². The molecule has 4 rings (SSSR count). The van der Waals surface area contributed by atoms with Crippen molar-refractivity contribution in [2.24, 2.45) is 0 Å². The second kappa shape index (κ2) is 4.50. The highest BCUT2D eigenvalue weighted by Gasteiger charge is 2.39. The van der Waals surface area contributed by atoms with Crippen LogP contribution in [0.15, 0.2) is 18.2 Å². The van der Waals surface area contributed by atoms with E-state index in [0.717, 1.165) is 0 Å². The molecule has 0 amide bonds. The number of halogens is 3. The van der Waals surface area contributed by atoms with Crippen molar-refractivity contribution in [3.63, 3.8) is 0 Å². The fourth-order valence-electron chi connectivity index (χ4n) is 1.80. The number of benzene rings is 1. The molecule has 4 aromatic rings. The topological polar surface area (TPSA) is 43.6 Å². The van der Waals surface area contributed by atoms with E-state index in [0.29, 0.717) is 17.5 Å². The highest BCUT2D eigenvalue weighted by molar-refractivity contribution is 6.04. The fraction of sp³-hybridized carbons (Fsp3) is 0.385. The molecular weight excluding hydrogens is 273 g/mol. The quantitative estimate of drug-likeness (QED) is 0.644. The Kier molecular flexibility index (Phi) is 3.23. The standard InChI is InChI=1S/C8H3F3N2.C5H10O2/c9-8(10,11)7-6-4-2-1-3-5(6)13(4)12-7;1-5(2,3)7-4-6/h1-3H;4H,1-3H3. The molecule has 4 bridgehead atoms. The van der Waals surface area contributed by atoms with Gasteiger partial charge in [0.25, 0.3) is 6.47 Å². The first-order valence-corrected chi connectivity index (χ1v) is 5.86. The van der Waals surface area contributed by atoms with Gasteiger partial charge in [-0.2, -0.15) is 18.3 Å². The Balaban J connectivity index is 0.000000182. The minimum atomic E-state index is -4.34. The summed E-state index contributed by atoms with van der Waals surface area (Å²) < 4.78 is 42.8. The molecule has 108 valence electrons. The van der Waals surface area contributed by atoms with Crippen LogP contribution in [0.2, 0.25) is 0 Å². The maximum absolute atomic E-state index is 12.3. The molecule has 0 aromatic carbocycles. The monoisotopic (exact) mass is 286 g/mol. The van der Waals surface area contributed by atoms with E-state index in [9.17, 15) is 18.0 Å². The summed E-state index contributed by atoms with van der Waals surface area (Å²) in [5.74, 6) is 0. The van der Waals surface area contributed by atoms with Crippen molar-refractivity contribution in [1.29, 1.82) is 0 Å².